The Morgan fingerprint density at radius 2 is 1.75 bits per heavy atom. The number of nitrogens with one attached hydrogen (secondary N) is 2. The van der Waals surface area contributed by atoms with Gasteiger partial charge in [0.1, 0.15) is 6.17 Å². The van der Waals surface area contributed by atoms with Crippen LogP contribution in [0.25, 0.3) is 0 Å². The summed E-state index contributed by atoms with van der Waals surface area (Å²) in [6.07, 6.45) is 0.231. The van der Waals surface area contributed by atoms with E-state index in [1.54, 1.807) is 0 Å². The van der Waals surface area contributed by atoms with Crippen LogP contribution in [-0.4, -0.2) is 6.17 Å². The highest BCUT2D eigenvalue weighted by Crippen LogP contribution is 2.00. The number of hydrogen-bond donors (Lipinski definition) is 2. The Kier molecular flexibility index (Phi) is 1.32. The lowest BCUT2D eigenvalue weighted by atomic mass is 10.2. The molecule has 2 N–H and O–H groups in total. The zero-order chi connectivity index (χ0) is 5.98. The molecule has 1 rings (SSSR count). The third-order valence-corrected chi connectivity index (χ3v) is 1.11. The first-order chi connectivity index (χ1) is 3.80. The van der Waals surface area contributed by atoms with E-state index in [1.807, 2.05) is 0 Å². The summed E-state index contributed by atoms with van der Waals surface area (Å²) in [5.74, 6) is 0.532. The van der Waals surface area contributed by atoms with Crippen LogP contribution in [-0.2, 0) is 0 Å². The Balaban J connectivity index is 2.29. The Hall–Kier alpha value is -0.800. The van der Waals surface area contributed by atoms with Gasteiger partial charge in [-0.05, 0) is 5.92 Å². The van der Waals surface area contributed by atoms with Crippen LogP contribution >= 0.6 is 0 Å². The van der Waals surface area contributed by atoms with Crippen LogP contribution in [0.2, 0.25) is 0 Å². The van der Waals surface area contributed by atoms with Crippen LogP contribution < -0.4 is 10.9 Å². The van der Waals surface area contributed by atoms with Gasteiger partial charge in [0.15, 0.2) is 0 Å². The summed E-state index contributed by atoms with van der Waals surface area (Å²) < 4.78 is 0. The summed E-state index contributed by atoms with van der Waals surface area (Å²) in [7, 11) is 0. The minimum Gasteiger partial charge on any atom is -0.266 e. The average Bonchev–Trinajstić information content (AvgIpc) is 2.12. The van der Waals surface area contributed by atoms with Gasteiger partial charge in [-0.15, -0.1) is 0 Å². The second kappa shape index (κ2) is 1.98. The second-order valence-corrected chi connectivity index (χ2v) is 2.18. The summed E-state index contributed by atoms with van der Waals surface area (Å²) in [4.78, 5) is 0. The van der Waals surface area contributed by atoms with Crippen molar-refractivity contribution in [3.05, 3.63) is 0 Å². The molecule has 0 aromatic rings. The molecule has 0 fully saturated rings. The van der Waals surface area contributed by atoms with Gasteiger partial charge in [-0.2, -0.15) is 0 Å². The Morgan fingerprint density at radius 1 is 1.25 bits per heavy atom. The van der Waals surface area contributed by atoms with Gasteiger partial charge >= 0.3 is 0 Å². The Bertz CT molecular complexity index is 90.2. The molecule has 0 aromatic carbocycles. The predicted octanol–water partition coefficient (Wildman–Crippen LogP) is 0.443. The van der Waals surface area contributed by atoms with Crippen molar-refractivity contribution >= 4 is 0 Å². The summed E-state index contributed by atoms with van der Waals surface area (Å²) in [5.41, 5.74) is 5.61. The standard InChI is InChI=1S/C4H10N4/c1-3(2)4-5-7-8-6-4/h3-4H,1-2H3,(H,5,8)(H,6,7). The highest BCUT2D eigenvalue weighted by Gasteiger charge is 2.13. The topological polar surface area (TPSA) is 48.8 Å². The van der Waals surface area contributed by atoms with Crippen LogP contribution in [0.1, 0.15) is 13.8 Å². The van der Waals surface area contributed by atoms with Crippen LogP contribution in [0.5, 0.6) is 0 Å². The minimum atomic E-state index is 0.231. The maximum absolute atomic E-state index is 3.55. The van der Waals surface area contributed by atoms with Crippen molar-refractivity contribution in [1.29, 1.82) is 0 Å². The molecule has 0 aliphatic carbocycles. The van der Waals surface area contributed by atoms with Gasteiger partial charge < -0.3 is 0 Å². The van der Waals surface area contributed by atoms with Crippen molar-refractivity contribution in [2.75, 3.05) is 0 Å². The fourth-order valence-corrected chi connectivity index (χ4v) is 0.509. The van der Waals surface area contributed by atoms with E-state index in [9.17, 15) is 0 Å². The van der Waals surface area contributed by atoms with Gasteiger partial charge in [0.2, 0.25) is 0 Å². The molecule has 0 radical (unpaired) electrons. The van der Waals surface area contributed by atoms with Crippen molar-refractivity contribution in [3.8, 4) is 0 Å². The molecular formula is C4H10N4. The van der Waals surface area contributed by atoms with Crippen molar-refractivity contribution in [3.63, 3.8) is 0 Å². The SMILES string of the molecule is CC(C)C1NN=NN1. The van der Waals surface area contributed by atoms with Gasteiger partial charge in [-0.25, -0.2) is 0 Å². The second-order valence-electron chi connectivity index (χ2n) is 2.18. The first kappa shape index (κ1) is 5.34. The zero-order valence-corrected chi connectivity index (χ0v) is 5.05. The molecule has 0 spiro atoms. The molecule has 0 bridgehead atoms. The van der Waals surface area contributed by atoms with Crippen molar-refractivity contribution in [2.45, 2.75) is 20.0 Å². The normalized spacial score (nSPS) is 18.9. The van der Waals surface area contributed by atoms with E-state index >= 15 is 0 Å². The molecule has 0 aromatic heterocycles. The molecule has 0 saturated heterocycles. The molecule has 0 saturated carbocycles. The van der Waals surface area contributed by atoms with Crippen LogP contribution in [0.15, 0.2) is 10.4 Å². The van der Waals surface area contributed by atoms with E-state index in [0.29, 0.717) is 5.92 Å². The monoisotopic (exact) mass is 114 g/mol. The van der Waals surface area contributed by atoms with E-state index in [0.717, 1.165) is 0 Å². The zero-order valence-electron chi connectivity index (χ0n) is 5.05. The van der Waals surface area contributed by atoms with Gasteiger partial charge in [0, 0.05) is 0 Å². The highest BCUT2D eigenvalue weighted by atomic mass is 15.7. The summed E-state index contributed by atoms with van der Waals surface area (Å²) in [5, 5.41) is 7.10. The first-order valence-corrected chi connectivity index (χ1v) is 2.71. The lowest BCUT2D eigenvalue weighted by Gasteiger charge is -2.11. The van der Waals surface area contributed by atoms with Crippen LogP contribution in [0, 0.1) is 5.92 Å². The summed E-state index contributed by atoms with van der Waals surface area (Å²) in [6, 6.07) is 0. The van der Waals surface area contributed by atoms with Gasteiger partial charge in [-0.3, -0.25) is 10.9 Å². The third-order valence-electron chi connectivity index (χ3n) is 1.11. The van der Waals surface area contributed by atoms with Gasteiger partial charge in [0.05, 0.1) is 0 Å². The number of rotatable bonds is 1. The van der Waals surface area contributed by atoms with E-state index < -0.39 is 0 Å². The summed E-state index contributed by atoms with van der Waals surface area (Å²) >= 11 is 0. The lowest BCUT2D eigenvalue weighted by molar-refractivity contribution is 0.397. The summed E-state index contributed by atoms with van der Waals surface area (Å²) in [6.45, 7) is 4.20. The van der Waals surface area contributed by atoms with E-state index in [4.69, 9.17) is 0 Å². The van der Waals surface area contributed by atoms with Gasteiger partial charge in [0.25, 0.3) is 0 Å². The Labute approximate surface area is 48.3 Å². The van der Waals surface area contributed by atoms with E-state index in [-0.39, 0.29) is 6.17 Å². The average molecular weight is 114 g/mol. The maximum Gasteiger partial charge on any atom is 0.134 e. The molecule has 4 heteroatoms. The minimum absolute atomic E-state index is 0.231. The molecule has 1 aliphatic heterocycles. The predicted molar refractivity (Wildman–Crippen MR) is 29.8 cm³/mol. The van der Waals surface area contributed by atoms with Crippen molar-refractivity contribution in [1.82, 2.24) is 10.9 Å². The molecule has 0 unspecified atom stereocenters. The van der Waals surface area contributed by atoms with Crippen molar-refractivity contribution in [2.24, 2.45) is 16.4 Å². The smallest absolute Gasteiger partial charge is 0.134 e. The quantitative estimate of drug-likeness (QED) is 0.519. The third kappa shape index (κ3) is 0.882. The maximum atomic E-state index is 3.55. The molecular weight excluding hydrogens is 104 g/mol. The Morgan fingerprint density at radius 3 is 2.00 bits per heavy atom. The fraction of sp³-hybridized carbons (Fsp3) is 1.00. The first-order valence-electron chi connectivity index (χ1n) is 2.71. The molecule has 8 heavy (non-hydrogen) atoms. The molecule has 1 heterocycles. The molecule has 46 valence electrons. The van der Waals surface area contributed by atoms with Crippen molar-refractivity contribution < 1.29 is 0 Å². The molecule has 1 aliphatic rings. The highest BCUT2D eigenvalue weighted by molar-refractivity contribution is 4.64. The fourth-order valence-electron chi connectivity index (χ4n) is 0.509. The number of nitrogens with zero attached hydrogens (tertiary/aromatic N) is 2. The van der Waals surface area contributed by atoms with E-state index in [1.165, 1.54) is 0 Å². The van der Waals surface area contributed by atoms with Crippen LogP contribution in [0.3, 0.4) is 0 Å². The largest absolute Gasteiger partial charge is 0.266 e. The number of hydrogen-bond acceptors (Lipinski definition) is 4. The lowest BCUT2D eigenvalue weighted by Crippen LogP contribution is -2.35. The van der Waals surface area contributed by atoms with Crippen LogP contribution in [0.4, 0.5) is 0 Å². The molecule has 4 nitrogen and oxygen atoms in total. The molecule has 0 atom stereocenters. The molecule has 0 amide bonds. The van der Waals surface area contributed by atoms with Gasteiger partial charge in [-0.1, -0.05) is 24.3 Å². The van der Waals surface area contributed by atoms with E-state index in [2.05, 4.69) is 35.1 Å².